The van der Waals surface area contributed by atoms with Gasteiger partial charge in [-0.25, -0.2) is 9.78 Å². The summed E-state index contributed by atoms with van der Waals surface area (Å²) in [5.41, 5.74) is -0.931. The Kier molecular flexibility index (Phi) is 10.8. The average molecular weight is 363 g/mol. The lowest BCUT2D eigenvalue weighted by Gasteiger charge is -2.34. The number of hydrogen-bond donors (Lipinski definition) is 0. The van der Waals surface area contributed by atoms with E-state index in [1.54, 1.807) is 6.92 Å². The molecule has 0 aromatic rings. The molecule has 0 amide bonds. The van der Waals surface area contributed by atoms with E-state index in [1.165, 1.54) is 0 Å². The smallest absolute Gasteiger partial charge is 0.305 e. The normalized spacial score (nSPS) is 13.1. The van der Waals surface area contributed by atoms with Crippen LogP contribution in [0.1, 0.15) is 93.9 Å². The summed E-state index contributed by atoms with van der Waals surface area (Å²) in [6.07, 6.45) is 3.80. The molecule has 0 unspecified atom stereocenters. The number of unbranched alkanes of at least 4 members (excludes halogenated alkanes) is 1. The van der Waals surface area contributed by atoms with Crippen molar-refractivity contribution >= 4 is 5.97 Å². The van der Waals surface area contributed by atoms with Crippen LogP contribution in [0.2, 0.25) is 0 Å². The van der Waals surface area contributed by atoms with Crippen LogP contribution >= 0.6 is 0 Å². The van der Waals surface area contributed by atoms with Crippen LogP contribution < -0.4 is 0 Å². The maximum absolute atomic E-state index is 11.9. The molecule has 0 radical (unpaired) electrons. The highest BCUT2D eigenvalue weighted by Gasteiger charge is 2.35. The molecule has 0 aromatic heterocycles. The predicted molar refractivity (Wildman–Crippen MR) is 96.6 cm³/mol. The number of esters is 1. The molecule has 150 valence electrons. The van der Waals surface area contributed by atoms with Gasteiger partial charge in [-0.1, -0.05) is 27.2 Å². The van der Waals surface area contributed by atoms with Crippen molar-refractivity contribution in [3.05, 3.63) is 0 Å². The first-order chi connectivity index (χ1) is 11.5. The van der Waals surface area contributed by atoms with Gasteiger partial charge in [0.05, 0.1) is 24.2 Å². The van der Waals surface area contributed by atoms with Gasteiger partial charge >= 0.3 is 5.97 Å². The lowest BCUT2D eigenvalue weighted by Crippen LogP contribution is -2.40. The maximum atomic E-state index is 11.9. The van der Waals surface area contributed by atoms with Crippen molar-refractivity contribution < 1.29 is 29.1 Å². The summed E-state index contributed by atoms with van der Waals surface area (Å²) < 4.78 is 5.18. The summed E-state index contributed by atoms with van der Waals surface area (Å²) in [6, 6.07) is 0. The Balaban J connectivity index is 4.73. The van der Waals surface area contributed by atoms with Crippen LogP contribution in [0.15, 0.2) is 0 Å². The van der Waals surface area contributed by atoms with E-state index in [0.717, 1.165) is 25.7 Å². The number of hydrogen-bond acceptors (Lipinski definition) is 6. The summed E-state index contributed by atoms with van der Waals surface area (Å²) in [5, 5.41) is 0. The second-order valence-electron chi connectivity index (χ2n) is 7.77. The summed E-state index contributed by atoms with van der Waals surface area (Å²) in [7, 11) is 0. The lowest BCUT2D eigenvalue weighted by molar-refractivity contribution is -0.539. The van der Waals surface area contributed by atoms with Gasteiger partial charge in [-0.2, -0.15) is 9.78 Å². The van der Waals surface area contributed by atoms with Gasteiger partial charge in [0.2, 0.25) is 5.79 Å². The van der Waals surface area contributed by atoms with E-state index in [0.29, 0.717) is 6.61 Å². The summed E-state index contributed by atoms with van der Waals surface area (Å²) in [5.74, 6) is -1.49. The largest absolute Gasteiger partial charge is 0.466 e. The highest BCUT2D eigenvalue weighted by Crippen LogP contribution is 2.28. The topological polar surface area (TPSA) is 63.2 Å². The molecule has 25 heavy (non-hydrogen) atoms. The zero-order valence-corrected chi connectivity index (χ0v) is 17.4. The quantitative estimate of drug-likeness (QED) is 0.141. The molecule has 0 fully saturated rings. The van der Waals surface area contributed by atoms with E-state index in [-0.39, 0.29) is 18.8 Å². The molecule has 0 aliphatic heterocycles. The second-order valence-corrected chi connectivity index (χ2v) is 7.77. The molecule has 0 aliphatic rings. The van der Waals surface area contributed by atoms with E-state index < -0.39 is 17.0 Å². The van der Waals surface area contributed by atoms with Crippen LogP contribution in [0.3, 0.4) is 0 Å². The first-order valence-corrected chi connectivity index (χ1v) is 9.38. The fraction of sp³-hybridized carbons (Fsp3) is 0.947. The molecule has 0 bridgehead atoms. The highest BCUT2D eigenvalue weighted by molar-refractivity contribution is 5.69. The Bertz CT molecular complexity index is 358. The molecule has 0 N–H and O–H groups in total. The summed E-state index contributed by atoms with van der Waals surface area (Å²) in [6.45, 7) is 15.9. The fourth-order valence-corrected chi connectivity index (χ4v) is 1.35. The molecular formula is C19H38O6. The maximum Gasteiger partial charge on any atom is 0.305 e. The Morgan fingerprint density at radius 3 is 1.68 bits per heavy atom. The fourth-order valence-electron chi connectivity index (χ4n) is 1.35. The van der Waals surface area contributed by atoms with Crippen molar-refractivity contribution in [2.24, 2.45) is 0 Å². The monoisotopic (exact) mass is 362 g/mol. The van der Waals surface area contributed by atoms with Crippen LogP contribution in [0.4, 0.5) is 0 Å². The molecule has 0 saturated heterocycles. The minimum absolute atomic E-state index is 0.159. The van der Waals surface area contributed by atoms with Crippen LogP contribution in [-0.2, 0) is 29.1 Å². The predicted octanol–water partition coefficient (Wildman–Crippen LogP) is 5.10. The zero-order chi connectivity index (χ0) is 19.6. The second kappa shape index (κ2) is 11.1. The van der Waals surface area contributed by atoms with E-state index >= 15 is 0 Å². The lowest BCUT2D eigenvalue weighted by atomic mass is 10.1. The van der Waals surface area contributed by atoms with Gasteiger partial charge in [-0.3, -0.25) is 4.79 Å². The SMILES string of the molecule is CCCCOC(=O)CCC(C)(OOC(C)(C)CC)OOC(C)(C)CC. The molecule has 0 aliphatic carbocycles. The first kappa shape index (κ1) is 24.3. The molecule has 0 rings (SSSR count). The third kappa shape index (κ3) is 11.5. The van der Waals surface area contributed by atoms with Crippen molar-refractivity contribution in [2.75, 3.05) is 6.61 Å². The van der Waals surface area contributed by atoms with Crippen LogP contribution in [0.5, 0.6) is 0 Å². The van der Waals surface area contributed by atoms with Crippen molar-refractivity contribution in [3.8, 4) is 0 Å². The number of ether oxygens (including phenoxy) is 1. The Morgan fingerprint density at radius 1 is 0.800 bits per heavy atom. The van der Waals surface area contributed by atoms with E-state index in [4.69, 9.17) is 24.3 Å². The zero-order valence-electron chi connectivity index (χ0n) is 17.4. The molecule has 6 nitrogen and oxygen atoms in total. The van der Waals surface area contributed by atoms with Crippen molar-refractivity contribution in [1.29, 1.82) is 0 Å². The number of carbonyl (C=O) groups is 1. The average Bonchev–Trinajstić information content (AvgIpc) is 2.57. The minimum Gasteiger partial charge on any atom is -0.466 e. The van der Waals surface area contributed by atoms with Gasteiger partial charge in [0.15, 0.2) is 0 Å². The van der Waals surface area contributed by atoms with Crippen LogP contribution in [-0.4, -0.2) is 29.6 Å². The van der Waals surface area contributed by atoms with Crippen molar-refractivity contribution in [2.45, 2.75) is 111 Å². The Labute approximate surface area is 153 Å². The first-order valence-electron chi connectivity index (χ1n) is 9.38. The summed E-state index contributed by atoms with van der Waals surface area (Å²) >= 11 is 0. The molecule has 0 heterocycles. The van der Waals surface area contributed by atoms with E-state index in [2.05, 4.69) is 0 Å². The van der Waals surface area contributed by atoms with E-state index in [9.17, 15) is 4.79 Å². The van der Waals surface area contributed by atoms with Crippen LogP contribution in [0, 0.1) is 0 Å². The number of rotatable bonds is 14. The molecule has 0 spiro atoms. The Morgan fingerprint density at radius 2 is 1.28 bits per heavy atom. The van der Waals surface area contributed by atoms with Gasteiger partial charge < -0.3 is 4.74 Å². The molecule has 0 aromatic carbocycles. The molecule has 0 atom stereocenters. The molecule has 6 heteroatoms. The molecule has 0 saturated carbocycles. The number of carbonyl (C=O) groups excluding carboxylic acids is 1. The van der Waals surface area contributed by atoms with Crippen molar-refractivity contribution in [3.63, 3.8) is 0 Å². The van der Waals surface area contributed by atoms with E-state index in [1.807, 2.05) is 48.5 Å². The van der Waals surface area contributed by atoms with Gasteiger partial charge in [-0.15, -0.1) is 0 Å². The summed E-state index contributed by atoms with van der Waals surface area (Å²) in [4.78, 5) is 34.0. The van der Waals surface area contributed by atoms with Crippen molar-refractivity contribution in [1.82, 2.24) is 0 Å². The van der Waals surface area contributed by atoms with Gasteiger partial charge in [-0.05, 0) is 53.9 Å². The minimum atomic E-state index is -1.21. The third-order valence-corrected chi connectivity index (χ3v) is 4.13. The van der Waals surface area contributed by atoms with Gasteiger partial charge in [0.1, 0.15) is 0 Å². The third-order valence-electron chi connectivity index (χ3n) is 4.13. The standard InChI is InChI=1S/C19H38O6/c1-9-12-15-21-16(20)13-14-19(8,24-22-17(4,5)10-2)25-23-18(6,7)11-3/h9-15H2,1-8H3. The molecular weight excluding hydrogens is 324 g/mol. The van der Waals surface area contributed by atoms with Gasteiger partial charge in [0.25, 0.3) is 0 Å². The highest BCUT2D eigenvalue weighted by atomic mass is 17.3. The Hall–Kier alpha value is -0.690. The van der Waals surface area contributed by atoms with Crippen LogP contribution in [0.25, 0.3) is 0 Å². The van der Waals surface area contributed by atoms with Gasteiger partial charge in [0, 0.05) is 6.42 Å².